The number of benzene rings is 1. The van der Waals surface area contributed by atoms with Crippen LogP contribution in [0.25, 0.3) is 0 Å². The lowest BCUT2D eigenvalue weighted by Gasteiger charge is -2.40. The molecule has 0 unspecified atom stereocenters. The van der Waals surface area contributed by atoms with Gasteiger partial charge < -0.3 is 10.1 Å². The highest BCUT2D eigenvalue weighted by Crippen LogP contribution is 2.37. The van der Waals surface area contributed by atoms with Gasteiger partial charge in [-0.3, -0.25) is 4.79 Å². The Morgan fingerprint density at radius 2 is 1.54 bits per heavy atom. The average Bonchev–Trinajstić information content (AvgIpc) is 2.51. The van der Waals surface area contributed by atoms with E-state index in [-0.39, 0.29) is 11.2 Å². The average molecular weight is 362 g/mol. The van der Waals surface area contributed by atoms with E-state index in [0.29, 0.717) is 12.6 Å². The van der Waals surface area contributed by atoms with Gasteiger partial charge in [0.15, 0.2) is 5.78 Å². The minimum atomic E-state index is -0.609. The van der Waals surface area contributed by atoms with Crippen LogP contribution in [0, 0.1) is 10.8 Å². The van der Waals surface area contributed by atoms with Crippen molar-refractivity contribution in [2.75, 3.05) is 6.61 Å². The van der Waals surface area contributed by atoms with Gasteiger partial charge in [0.05, 0.1) is 11.0 Å². The molecule has 1 rings (SSSR count). The third kappa shape index (κ3) is 6.51. The summed E-state index contributed by atoms with van der Waals surface area (Å²) >= 11 is 0. The highest BCUT2D eigenvalue weighted by atomic mass is 16.5. The Kier molecular flexibility index (Phi) is 7.62. The number of Topliss-reactive ketones (excluding diaryl/α,β-unsaturated/α-hetero) is 1. The van der Waals surface area contributed by atoms with Crippen LogP contribution in [0.1, 0.15) is 84.7 Å². The number of carbonyl (C=O) groups excluding carboxylic acids is 1. The molecule has 0 saturated carbocycles. The summed E-state index contributed by atoms with van der Waals surface area (Å²) in [6, 6.07) is 8.39. The molecule has 0 aromatic heterocycles. The minimum absolute atomic E-state index is 0.127. The first-order chi connectivity index (χ1) is 11.8. The van der Waals surface area contributed by atoms with Gasteiger partial charge in [-0.25, -0.2) is 0 Å². The molecule has 0 atom stereocenters. The van der Waals surface area contributed by atoms with Crippen molar-refractivity contribution < 1.29 is 9.53 Å². The van der Waals surface area contributed by atoms with Gasteiger partial charge in [0, 0.05) is 24.8 Å². The molecular weight excluding hydrogens is 322 g/mol. The lowest BCUT2D eigenvalue weighted by Crippen LogP contribution is -2.47. The molecule has 1 aromatic rings. The minimum Gasteiger partial charge on any atom is -0.375 e. The molecule has 1 aromatic carbocycles. The van der Waals surface area contributed by atoms with Crippen molar-refractivity contribution in [2.45, 2.75) is 86.9 Å². The topological polar surface area (TPSA) is 38.3 Å². The normalized spacial score (nSPS) is 13.3. The van der Waals surface area contributed by atoms with Crippen LogP contribution in [0.2, 0.25) is 0 Å². The van der Waals surface area contributed by atoms with Crippen LogP contribution in [-0.2, 0) is 11.3 Å². The lowest BCUT2D eigenvalue weighted by atomic mass is 9.71. The van der Waals surface area contributed by atoms with E-state index in [1.165, 1.54) is 5.56 Å². The van der Waals surface area contributed by atoms with E-state index in [0.717, 1.165) is 18.5 Å². The Balaban J connectivity index is 2.81. The summed E-state index contributed by atoms with van der Waals surface area (Å²) in [7, 11) is 0. The van der Waals surface area contributed by atoms with E-state index < -0.39 is 11.0 Å². The third-order valence-corrected chi connectivity index (χ3v) is 5.32. The molecule has 0 saturated heterocycles. The summed E-state index contributed by atoms with van der Waals surface area (Å²) in [6.07, 6.45) is 0.970. The molecule has 3 nitrogen and oxygen atoms in total. The second-order valence-corrected chi connectivity index (χ2v) is 9.86. The van der Waals surface area contributed by atoms with E-state index >= 15 is 0 Å². The second-order valence-electron chi connectivity index (χ2n) is 9.86. The van der Waals surface area contributed by atoms with Gasteiger partial charge >= 0.3 is 0 Å². The van der Waals surface area contributed by atoms with Crippen molar-refractivity contribution in [3.05, 3.63) is 35.4 Å². The number of rotatable bonds is 9. The van der Waals surface area contributed by atoms with Crippen LogP contribution < -0.4 is 5.32 Å². The van der Waals surface area contributed by atoms with Crippen molar-refractivity contribution in [2.24, 2.45) is 10.8 Å². The number of ketones is 1. The standard InChI is InChI=1S/C23H39NO2/c1-17(2)24-16-18-10-12-19(13-11-18)20(25)22(6,7)23(8,9)26-15-14-21(3,4)5/h10-13,17,24H,14-16H2,1-9H3. The van der Waals surface area contributed by atoms with Gasteiger partial charge in [-0.2, -0.15) is 0 Å². The van der Waals surface area contributed by atoms with Gasteiger partial charge in [0.2, 0.25) is 0 Å². The molecule has 0 fully saturated rings. The summed E-state index contributed by atoms with van der Waals surface area (Å²) < 4.78 is 6.17. The van der Waals surface area contributed by atoms with Crippen LogP contribution in [-0.4, -0.2) is 24.0 Å². The summed E-state index contributed by atoms with van der Waals surface area (Å²) in [5.41, 5.74) is 1.02. The molecule has 0 spiro atoms. The fourth-order valence-electron chi connectivity index (χ4n) is 2.52. The fourth-order valence-corrected chi connectivity index (χ4v) is 2.52. The first-order valence-electron chi connectivity index (χ1n) is 9.77. The van der Waals surface area contributed by atoms with E-state index in [1.807, 2.05) is 52.0 Å². The van der Waals surface area contributed by atoms with Crippen LogP contribution in [0.3, 0.4) is 0 Å². The van der Waals surface area contributed by atoms with Crippen LogP contribution in [0.5, 0.6) is 0 Å². The lowest BCUT2D eigenvalue weighted by molar-refractivity contribution is -0.0875. The zero-order valence-corrected chi connectivity index (χ0v) is 18.3. The molecule has 148 valence electrons. The molecule has 0 radical (unpaired) electrons. The van der Waals surface area contributed by atoms with Crippen molar-refractivity contribution >= 4 is 5.78 Å². The summed E-state index contributed by atoms with van der Waals surface area (Å²) in [5, 5.41) is 3.40. The molecular formula is C23H39NO2. The van der Waals surface area contributed by atoms with E-state index in [4.69, 9.17) is 4.74 Å². The second kappa shape index (κ2) is 8.67. The number of ether oxygens (including phenoxy) is 1. The molecule has 26 heavy (non-hydrogen) atoms. The predicted molar refractivity (Wildman–Crippen MR) is 111 cm³/mol. The maximum Gasteiger partial charge on any atom is 0.171 e. The summed E-state index contributed by atoms with van der Waals surface area (Å²) in [6.45, 7) is 20.4. The van der Waals surface area contributed by atoms with Crippen molar-refractivity contribution in [3.8, 4) is 0 Å². The fraction of sp³-hybridized carbons (Fsp3) is 0.696. The summed E-state index contributed by atoms with van der Waals surface area (Å²) in [4.78, 5) is 13.2. The van der Waals surface area contributed by atoms with Gasteiger partial charge in [0.1, 0.15) is 0 Å². The maximum absolute atomic E-state index is 13.2. The molecule has 3 heteroatoms. The zero-order chi connectivity index (χ0) is 20.2. The Bertz CT molecular complexity index is 577. The Morgan fingerprint density at radius 1 is 1.00 bits per heavy atom. The van der Waals surface area contributed by atoms with Gasteiger partial charge in [-0.05, 0) is 45.1 Å². The van der Waals surface area contributed by atoms with E-state index in [2.05, 4.69) is 39.9 Å². The molecule has 0 aliphatic carbocycles. The molecule has 0 bridgehead atoms. The zero-order valence-electron chi connectivity index (χ0n) is 18.3. The van der Waals surface area contributed by atoms with Crippen molar-refractivity contribution in [1.82, 2.24) is 5.32 Å². The van der Waals surface area contributed by atoms with Gasteiger partial charge in [-0.15, -0.1) is 0 Å². The van der Waals surface area contributed by atoms with E-state index in [9.17, 15) is 4.79 Å². The van der Waals surface area contributed by atoms with Crippen molar-refractivity contribution in [1.29, 1.82) is 0 Å². The smallest absolute Gasteiger partial charge is 0.171 e. The largest absolute Gasteiger partial charge is 0.375 e. The highest BCUT2D eigenvalue weighted by molar-refractivity contribution is 6.00. The van der Waals surface area contributed by atoms with E-state index in [1.54, 1.807) is 0 Å². The Morgan fingerprint density at radius 3 is 2.00 bits per heavy atom. The predicted octanol–water partition coefficient (Wildman–Crippen LogP) is 5.62. The molecule has 0 amide bonds. The number of hydrogen-bond acceptors (Lipinski definition) is 3. The first kappa shape index (κ1) is 22.9. The van der Waals surface area contributed by atoms with Gasteiger partial charge in [0.25, 0.3) is 0 Å². The van der Waals surface area contributed by atoms with Gasteiger partial charge in [-0.1, -0.05) is 58.9 Å². The number of hydrogen-bond donors (Lipinski definition) is 1. The maximum atomic E-state index is 13.2. The molecule has 0 aliphatic rings. The monoisotopic (exact) mass is 361 g/mol. The Hall–Kier alpha value is -1.19. The first-order valence-corrected chi connectivity index (χ1v) is 9.77. The molecule has 0 heterocycles. The summed E-state index contributed by atoms with van der Waals surface area (Å²) in [5.74, 6) is 0.127. The quantitative estimate of drug-likeness (QED) is 0.580. The van der Waals surface area contributed by atoms with Crippen LogP contribution in [0.4, 0.5) is 0 Å². The van der Waals surface area contributed by atoms with Crippen LogP contribution >= 0.6 is 0 Å². The van der Waals surface area contributed by atoms with Crippen molar-refractivity contribution in [3.63, 3.8) is 0 Å². The highest BCUT2D eigenvalue weighted by Gasteiger charge is 2.44. The number of carbonyl (C=O) groups is 1. The molecule has 1 N–H and O–H groups in total. The Labute approximate surface area is 160 Å². The number of nitrogens with one attached hydrogen (secondary N) is 1. The van der Waals surface area contributed by atoms with Crippen LogP contribution in [0.15, 0.2) is 24.3 Å². The SMILES string of the molecule is CC(C)NCc1ccc(C(=O)C(C)(C)C(C)(C)OCCC(C)(C)C)cc1. The third-order valence-electron chi connectivity index (χ3n) is 5.32. The molecule has 0 aliphatic heterocycles.